The summed E-state index contributed by atoms with van der Waals surface area (Å²) in [4.78, 5) is 34.9. The Bertz CT molecular complexity index is 706. The van der Waals surface area contributed by atoms with Crippen molar-refractivity contribution in [1.82, 2.24) is 9.55 Å². The van der Waals surface area contributed by atoms with Crippen LogP contribution in [0.3, 0.4) is 0 Å². The molecular weight excluding hydrogens is 260 g/mol. The summed E-state index contributed by atoms with van der Waals surface area (Å²) in [5.41, 5.74) is -1.26. The molecule has 0 bridgehead atoms. The molecule has 0 atom stereocenters. The number of hydrogen-bond donors (Lipinski definition) is 0. The summed E-state index contributed by atoms with van der Waals surface area (Å²) in [7, 11) is 1.13. The van der Waals surface area contributed by atoms with Gasteiger partial charge in [-0.2, -0.15) is 0 Å². The first-order valence-corrected chi connectivity index (χ1v) is 4.84. The van der Waals surface area contributed by atoms with Gasteiger partial charge < -0.3 is 4.74 Å². The van der Waals surface area contributed by atoms with Crippen molar-refractivity contribution in [3.8, 4) is 0 Å². The van der Waals surface area contributed by atoms with Crippen LogP contribution in [0.2, 0.25) is 0 Å². The Hall–Kier alpha value is -3.04. The van der Waals surface area contributed by atoms with E-state index in [1.807, 2.05) is 0 Å². The van der Waals surface area contributed by atoms with Crippen molar-refractivity contribution < 1.29 is 19.4 Å². The average Bonchev–Trinajstić information content (AvgIpc) is 2.78. The van der Waals surface area contributed by atoms with E-state index in [1.54, 1.807) is 0 Å². The van der Waals surface area contributed by atoms with E-state index in [-0.39, 0.29) is 11.0 Å². The van der Waals surface area contributed by atoms with E-state index >= 15 is 0 Å². The first-order valence-electron chi connectivity index (χ1n) is 4.84. The van der Waals surface area contributed by atoms with E-state index in [2.05, 4.69) is 9.72 Å². The Morgan fingerprint density at radius 2 is 1.84 bits per heavy atom. The molecule has 2 aromatic rings. The molecule has 0 radical (unpaired) electrons. The van der Waals surface area contributed by atoms with Crippen LogP contribution in [0.1, 0.15) is 0 Å². The number of hydrogen-bond acceptors (Lipinski definition) is 7. The molecule has 0 aliphatic heterocycles. The second kappa shape index (κ2) is 4.33. The quantitative estimate of drug-likeness (QED) is 0.593. The van der Waals surface area contributed by atoms with Gasteiger partial charge in [0.15, 0.2) is 0 Å². The molecule has 19 heavy (non-hydrogen) atoms. The van der Waals surface area contributed by atoms with Crippen LogP contribution in [-0.4, -0.2) is 32.6 Å². The number of methoxy groups -OCH3 is 1. The molecule has 0 aliphatic carbocycles. The number of nitro groups is 2. The Labute approximate surface area is 104 Å². The molecule has 0 N–H and O–H groups in total. The number of benzene rings is 1. The Morgan fingerprint density at radius 3 is 2.37 bits per heavy atom. The van der Waals surface area contributed by atoms with Crippen LogP contribution in [0, 0.1) is 20.2 Å². The van der Waals surface area contributed by atoms with Crippen molar-refractivity contribution >= 4 is 28.5 Å². The fourth-order valence-corrected chi connectivity index (χ4v) is 1.57. The molecule has 0 aliphatic rings. The first kappa shape index (κ1) is 12.4. The molecule has 1 aromatic heterocycles. The lowest BCUT2D eigenvalue weighted by Crippen LogP contribution is -2.09. The second-order valence-electron chi connectivity index (χ2n) is 3.43. The topological polar surface area (TPSA) is 130 Å². The van der Waals surface area contributed by atoms with Gasteiger partial charge in [0.2, 0.25) is 0 Å². The molecule has 0 unspecified atom stereocenters. The number of carbonyl (C=O) groups is 1. The van der Waals surface area contributed by atoms with Crippen LogP contribution >= 0.6 is 0 Å². The van der Waals surface area contributed by atoms with Gasteiger partial charge in [0.1, 0.15) is 6.33 Å². The van der Waals surface area contributed by atoms with Gasteiger partial charge in [-0.1, -0.05) is 0 Å². The number of carbonyl (C=O) groups excluding carboxylic acids is 1. The van der Waals surface area contributed by atoms with Crippen LogP contribution in [0.4, 0.5) is 16.2 Å². The number of ether oxygens (including phenoxy) is 1. The van der Waals surface area contributed by atoms with E-state index in [1.165, 1.54) is 0 Å². The molecule has 0 saturated carbocycles. The highest BCUT2D eigenvalue weighted by Crippen LogP contribution is 2.31. The highest BCUT2D eigenvalue weighted by Gasteiger charge is 2.27. The number of nitrogens with zero attached hydrogens (tertiary/aromatic N) is 4. The van der Waals surface area contributed by atoms with Gasteiger partial charge in [-0.15, -0.1) is 0 Å². The minimum absolute atomic E-state index is 0.0594. The van der Waals surface area contributed by atoms with Gasteiger partial charge in [0, 0.05) is 0 Å². The summed E-state index contributed by atoms with van der Waals surface area (Å²) in [6.07, 6.45) is 0.273. The fraction of sp³-hybridized carbons (Fsp3) is 0.111. The lowest BCUT2D eigenvalue weighted by atomic mass is 10.2. The van der Waals surface area contributed by atoms with Gasteiger partial charge >= 0.3 is 17.5 Å². The molecule has 0 fully saturated rings. The van der Waals surface area contributed by atoms with Crippen LogP contribution in [0.15, 0.2) is 18.5 Å². The van der Waals surface area contributed by atoms with E-state index in [0.717, 1.165) is 30.1 Å². The van der Waals surface area contributed by atoms with Gasteiger partial charge in [-0.3, -0.25) is 20.2 Å². The SMILES string of the molecule is COC(=O)n1cnc2cc([N+](=O)[O-])c([N+](=O)[O-])cc21. The summed E-state index contributed by atoms with van der Waals surface area (Å²) < 4.78 is 5.38. The molecule has 10 nitrogen and oxygen atoms in total. The smallest absolute Gasteiger partial charge is 0.419 e. The molecule has 0 spiro atoms. The average molecular weight is 266 g/mol. The number of fused-ring (bicyclic) bond motifs is 1. The highest BCUT2D eigenvalue weighted by molar-refractivity contribution is 5.90. The Balaban J connectivity index is 2.77. The number of nitro benzene ring substituents is 2. The van der Waals surface area contributed by atoms with Crippen molar-refractivity contribution in [2.75, 3.05) is 7.11 Å². The highest BCUT2D eigenvalue weighted by atomic mass is 16.6. The first-order chi connectivity index (χ1) is 8.95. The van der Waals surface area contributed by atoms with Gasteiger partial charge in [-0.25, -0.2) is 14.3 Å². The third-order valence-electron chi connectivity index (χ3n) is 2.41. The molecule has 1 aromatic carbocycles. The van der Waals surface area contributed by atoms with Crippen LogP contribution in [0.25, 0.3) is 11.0 Å². The zero-order valence-corrected chi connectivity index (χ0v) is 9.47. The van der Waals surface area contributed by atoms with E-state index < -0.39 is 27.3 Å². The number of aromatic nitrogens is 2. The monoisotopic (exact) mass is 266 g/mol. The van der Waals surface area contributed by atoms with Gasteiger partial charge in [-0.05, 0) is 0 Å². The number of imidazole rings is 1. The summed E-state index contributed by atoms with van der Waals surface area (Å²) in [5.74, 6) is 0. The molecule has 0 amide bonds. The van der Waals surface area contributed by atoms with Crippen LogP contribution in [0.5, 0.6) is 0 Å². The maximum atomic E-state index is 11.4. The minimum Gasteiger partial charge on any atom is -0.452 e. The minimum atomic E-state index is -0.897. The summed E-state index contributed by atoms with van der Waals surface area (Å²) >= 11 is 0. The maximum absolute atomic E-state index is 11.4. The normalized spacial score (nSPS) is 10.4. The summed E-state index contributed by atoms with van der Waals surface area (Å²) in [6.45, 7) is 0. The third kappa shape index (κ3) is 1.94. The zero-order chi connectivity index (χ0) is 14.2. The van der Waals surface area contributed by atoms with E-state index in [0.29, 0.717) is 0 Å². The largest absolute Gasteiger partial charge is 0.452 e. The molecule has 0 saturated heterocycles. The van der Waals surface area contributed by atoms with Crippen molar-refractivity contribution in [3.05, 3.63) is 38.7 Å². The Morgan fingerprint density at radius 1 is 1.26 bits per heavy atom. The summed E-state index contributed by atoms with van der Waals surface area (Å²) in [5, 5.41) is 21.5. The Kier molecular flexibility index (Phi) is 2.83. The van der Waals surface area contributed by atoms with E-state index in [4.69, 9.17) is 0 Å². The van der Waals surface area contributed by atoms with Crippen molar-refractivity contribution in [3.63, 3.8) is 0 Å². The lowest BCUT2D eigenvalue weighted by Gasteiger charge is -2.00. The predicted molar refractivity (Wildman–Crippen MR) is 60.8 cm³/mol. The van der Waals surface area contributed by atoms with Gasteiger partial charge in [0.25, 0.3) is 0 Å². The van der Waals surface area contributed by atoms with Crippen LogP contribution in [-0.2, 0) is 4.74 Å². The third-order valence-corrected chi connectivity index (χ3v) is 2.41. The van der Waals surface area contributed by atoms with Crippen LogP contribution < -0.4 is 0 Å². The lowest BCUT2D eigenvalue weighted by molar-refractivity contribution is -0.422. The van der Waals surface area contributed by atoms with E-state index in [9.17, 15) is 25.0 Å². The van der Waals surface area contributed by atoms with Crippen molar-refractivity contribution in [2.45, 2.75) is 0 Å². The summed E-state index contributed by atoms with van der Waals surface area (Å²) in [6, 6.07) is 1.85. The zero-order valence-electron chi connectivity index (χ0n) is 9.47. The number of rotatable bonds is 2. The van der Waals surface area contributed by atoms with Crippen molar-refractivity contribution in [1.29, 1.82) is 0 Å². The molecular formula is C9H6N4O6. The molecule has 1 heterocycles. The predicted octanol–water partition coefficient (Wildman–Crippen LogP) is 1.47. The fourth-order valence-electron chi connectivity index (χ4n) is 1.57. The molecule has 98 valence electrons. The maximum Gasteiger partial charge on any atom is 0.419 e. The van der Waals surface area contributed by atoms with Gasteiger partial charge in [0.05, 0.1) is 40.1 Å². The standard InChI is InChI=1S/C9H6N4O6/c1-19-9(14)11-4-10-5-2-7(12(15)16)8(13(17)18)3-6(5)11/h2-4H,1H3. The molecule has 10 heteroatoms. The van der Waals surface area contributed by atoms with Crippen molar-refractivity contribution in [2.24, 2.45) is 0 Å². The second-order valence-corrected chi connectivity index (χ2v) is 3.43. The molecule has 2 rings (SSSR count).